The molecule has 1 aliphatic rings. The van der Waals surface area contributed by atoms with Gasteiger partial charge in [0, 0.05) is 6.20 Å². The lowest BCUT2D eigenvalue weighted by atomic mass is 10.1. The molecule has 24 heavy (non-hydrogen) atoms. The number of fused-ring (bicyclic) bond motifs is 3. The van der Waals surface area contributed by atoms with Crippen LogP contribution in [0.4, 0.5) is 26.3 Å². The second-order valence-corrected chi connectivity index (χ2v) is 5.63. The van der Waals surface area contributed by atoms with E-state index in [4.69, 9.17) is 0 Å². The maximum absolute atomic E-state index is 13.1. The number of alkyl halides is 6. The Balaban J connectivity index is 2.11. The van der Waals surface area contributed by atoms with Crippen LogP contribution in [-0.4, -0.2) is 19.6 Å². The van der Waals surface area contributed by atoms with Crippen LogP contribution in [0.2, 0.25) is 0 Å². The summed E-state index contributed by atoms with van der Waals surface area (Å²) in [6.45, 7) is 0. The van der Waals surface area contributed by atoms with Gasteiger partial charge in [-0.2, -0.15) is 26.3 Å². The van der Waals surface area contributed by atoms with Crippen molar-refractivity contribution in [1.29, 1.82) is 0 Å². The van der Waals surface area contributed by atoms with E-state index in [-0.39, 0.29) is 22.6 Å². The van der Waals surface area contributed by atoms with E-state index in [9.17, 15) is 26.3 Å². The quantitative estimate of drug-likeness (QED) is 0.621. The topological polar surface area (TPSA) is 43.1 Å². The SMILES string of the molecule is FC(F)(F)c1cc(C2CC2)c2c(n1)nn1c(C(F)(F)F)ccnc21. The number of nitrogens with zero attached hydrogens (tertiary/aromatic N) is 4. The molecule has 1 fully saturated rings. The summed E-state index contributed by atoms with van der Waals surface area (Å²) >= 11 is 0. The van der Waals surface area contributed by atoms with Crippen LogP contribution in [-0.2, 0) is 12.4 Å². The molecule has 10 heteroatoms. The third kappa shape index (κ3) is 2.28. The van der Waals surface area contributed by atoms with Crippen molar-refractivity contribution < 1.29 is 26.3 Å². The van der Waals surface area contributed by atoms with Crippen LogP contribution in [0.5, 0.6) is 0 Å². The summed E-state index contributed by atoms with van der Waals surface area (Å²) < 4.78 is 78.8. The molecule has 1 saturated carbocycles. The van der Waals surface area contributed by atoms with E-state index in [0.717, 1.165) is 18.3 Å². The minimum atomic E-state index is -4.71. The predicted octanol–water partition coefficient (Wildman–Crippen LogP) is 4.19. The first-order valence-electron chi connectivity index (χ1n) is 6.99. The van der Waals surface area contributed by atoms with Crippen LogP contribution in [0.15, 0.2) is 18.3 Å². The van der Waals surface area contributed by atoms with E-state index in [2.05, 4.69) is 15.1 Å². The molecule has 0 aromatic carbocycles. The third-order valence-electron chi connectivity index (χ3n) is 3.91. The zero-order valence-electron chi connectivity index (χ0n) is 11.8. The molecular formula is C14H8F6N4. The first kappa shape index (κ1) is 15.2. The zero-order chi connectivity index (χ0) is 17.3. The molecule has 0 atom stereocenters. The Hall–Kier alpha value is -2.39. The summed E-state index contributed by atoms with van der Waals surface area (Å²) in [6, 6.07) is 1.62. The molecule has 4 nitrogen and oxygen atoms in total. The molecule has 0 amide bonds. The van der Waals surface area contributed by atoms with Crippen LogP contribution in [0.3, 0.4) is 0 Å². The highest BCUT2D eigenvalue weighted by Gasteiger charge is 2.38. The van der Waals surface area contributed by atoms with Crippen molar-refractivity contribution in [3.63, 3.8) is 0 Å². The van der Waals surface area contributed by atoms with Gasteiger partial charge in [0.1, 0.15) is 11.4 Å². The lowest BCUT2D eigenvalue weighted by Gasteiger charge is -2.08. The second kappa shape index (κ2) is 4.58. The number of aromatic nitrogens is 4. The molecule has 0 spiro atoms. The fourth-order valence-corrected chi connectivity index (χ4v) is 2.71. The Morgan fingerprint density at radius 3 is 2.33 bits per heavy atom. The molecule has 0 unspecified atom stereocenters. The maximum atomic E-state index is 13.1. The minimum Gasteiger partial charge on any atom is -0.236 e. The van der Waals surface area contributed by atoms with Gasteiger partial charge in [0.15, 0.2) is 11.3 Å². The molecule has 0 aliphatic heterocycles. The van der Waals surface area contributed by atoms with Crippen LogP contribution in [0.1, 0.15) is 35.7 Å². The lowest BCUT2D eigenvalue weighted by Crippen LogP contribution is -2.12. The lowest BCUT2D eigenvalue weighted by molar-refractivity contribution is -0.143. The Kier molecular flexibility index (Phi) is 2.89. The summed E-state index contributed by atoms with van der Waals surface area (Å²) in [4.78, 5) is 7.30. The summed E-state index contributed by atoms with van der Waals surface area (Å²) in [7, 11) is 0. The predicted molar refractivity (Wildman–Crippen MR) is 70.3 cm³/mol. The van der Waals surface area contributed by atoms with Gasteiger partial charge in [0.05, 0.1) is 5.39 Å². The highest BCUT2D eigenvalue weighted by Crippen LogP contribution is 2.45. The molecule has 126 valence electrons. The number of halogens is 6. The van der Waals surface area contributed by atoms with Gasteiger partial charge >= 0.3 is 12.4 Å². The molecule has 4 rings (SSSR count). The van der Waals surface area contributed by atoms with Crippen molar-refractivity contribution in [3.8, 4) is 0 Å². The monoisotopic (exact) mass is 346 g/mol. The smallest absolute Gasteiger partial charge is 0.236 e. The van der Waals surface area contributed by atoms with Crippen molar-refractivity contribution >= 4 is 16.7 Å². The van der Waals surface area contributed by atoms with Gasteiger partial charge in [-0.15, -0.1) is 5.10 Å². The van der Waals surface area contributed by atoms with Gasteiger partial charge < -0.3 is 0 Å². The average Bonchev–Trinajstić information content (AvgIpc) is 3.24. The molecule has 3 aromatic heterocycles. The van der Waals surface area contributed by atoms with Crippen molar-refractivity contribution in [2.24, 2.45) is 0 Å². The van der Waals surface area contributed by atoms with Crippen LogP contribution in [0.25, 0.3) is 16.7 Å². The summed E-state index contributed by atoms with van der Waals surface area (Å²) in [5.74, 6) is -0.138. The molecule has 0 bridgehead atoms. The number of rotatable bonds is 1. The Morgan fingerprint density at radius 1 is 1.04 bits per heavy atom. The molecule has 3 aromatic rings. The maximum Gasteiger partial charge on any atom is 0.433 e. The minimum absolute atomic E-state index is 0.136. The number of hydrogen-bond acceptors (Lipinski definition) is 3. The Morgan fingerprint density at radius 2 is 1.75 bits per heavy atom. The van der Waals surface area contributed by atoms with E-state index < -0.39 is 23.7 Å². The van der Waals surface area contributed by atoms with Crippen molar-refractivity contribution in [3.05, 3.63) is 35.3 Å². The summed E-state index contributed by atoms with van der Waals surface area (Å²) in [6.07, 6.45) is -7.10. The van der Waals surface area contributed by atoms with Gasteiger partial charge in [-0.3, -0.25) is 0 Å². The van der Waals surface area contributed by atoms with Gasteiger partial charge in [0.2, 0.25) is 0 Å². The fraction of sp³-hybridized carbons (Fsp3) is 0.357. The molecular weight excluding hydrogens is 338 g/mol. The van der Waals surface area contributed by atoms with Gasteiger partial charge in [-0.1, -0.05) is 0 Å². The molecule has 0 radical (unpaired) electrons. The second-order valence-electron chi connectivity index (χ2n) is 5.63. The average molecular weight is 346 g/mol. The summed E-state index contributed by atoms with van der Waals surface area (Å²) in [5.41, 5.74) is -2.48. The van der Waals surface area contributed by atoms with E-state index in [0.29, 0.717) is 22.9 Å². The van der Waals surface area contributed by atoms with Gasteiger partial charge in [-0.05, 0) is 36.5 Å². The molecule has 1 aliphatic carbocycles. The zero-order valence-corrected chi connectivity index (χ0v) is 11.8. The largest absolute Gasteiger partial charge is 0.433 e. The van der Waals surface area contributed by atoms with Crippen LogP contribution in [0, 0.1) is 0 Å². The highest BCUT2D eigenvalue weighted by atomic mass is 19.4. The van der Waals surface area contributed by atoms with Gasteiger partial charge in [-0.25, -0.2) is 14.5 Å². The van der Waals surface area contributed by atoms with Crippen molar-refractivity contribution in [1.82, 2.24) is 19.6 Å². The number of pyridine rings is 1. The normalized spacial score (nSPS) is 16.2. The standard InChI is InChI=1S/C14H8F6N4/c15-13(16,17)8-5-7(6-1-2-6)10-11(22-8)23-24-9(14(18,19)20)3-4-21-12(10)24/h3-6H,1-2H2. The Labute approximate surface area is 130 Å². The van der Waals surface area contributed by atoms with E-state index in [1.165, 1.54) is 0 Å². The molecule has 3 heterocycles. The molecule has 0 N–H and O–H groups in total. The van der Waals surface area contributed by atoms with E-state index >= 15 is 0 Å². The highest BCUT2D eigenvalue weighted by molar-refractivity contribution is 5.93. The van der Waals surface area contributed by atoms with E-state index in [1.54, 1.807) is 0 Å². The third-order valence-corrected chi connectivity index (χ3v) is 3.91. The molecule has 0 saturated heterocycles. The van der Waals surface area contributed by atoms with Crippen LogP contribution < -0.4 is 0 Å². The first-order valence-corrected chi connectivity index (χ1v) is 6.99. The number of hydrogen-bond donors (Lipinski definition) is 0. The van der Waals surface area contributed by atoms with Crippen molar-refractivity contribution in [2.45, 2.75) is 31.1 Å². The van der Waals surface area contributed by atoms with Crippen LogP contribution >= 0.6 is 0 Å². The first-order chi connectivity index (χ1) is 11.2. The Bertz CT molecular complexity index is 952. The fourth-order valence-electron chi connectivity index (χ4n) is 2.71. The summed E-state index contributed by atoms with van der Waals surface area (Å²) in [5, 5.41) is 3.80. The van der Waals surface area contributed by atoms with Gasteiger partial charge in [0.25, 0.3) is 0 Å². The van der Waals surface area contributed by atoms with Crippen molar-refractivity contribution in [2.75, 3.05) is 0 Å². The van der Waals surface area contributed by atoms with E-state index in [1.807, 2.05) is 0 Å².